The first kappa shape index (κ1) is 50.3. The van der Waals surface area contributed by atoms with E-state index in [1.165, 1.54) is 29.8 Å². The number of carbonyl (C=O) groups excluding carboxylic acids is 1. The number of hydrogen-bond acceptors (Lipinski definition) is 16. The molecule has 3 atom stereocenters. The van der Waals surface area contributed by atoms with Crippen molar-refractivity contribution in [3.8, 4) is 44.7 Å². The number of nitrogens with zero attached hydrogens (tertiary/aromatic N) is 6. The molecule has 6 aromatic rings. The summed E-state index contributed by atoms with van der Waals surface area (Å²) >= 11 is 16.1. The lowest BCUT2D eigenvalue weighted by Gasteiger charge is -2.35. The molecule has 3 aromatic carbocycles. The van der Waals surface area contributed by atoms with E-state index in [1.54, 1.807) is 18.3 Å². The van der Waals surface area contributed by atoms with Crippen LogP contribution in [0.1, 0.15) is 59.8 Å². The topological polar surface area (TPSA) is 149 Å². The van der Waals surface area contributed by atoms with E-state index in [0.29, 0.717) is 110 Å². The lowest BCUT2D eigenvalue weighted by molar-refractivity contribution is -0.147. The summed E-state index contributed by atoms with van der Waals surface area (Å²) in [6, 6.07) is 13.6. The van der Waals surface area contributed by atoms with Gasteiger partial charge < -0.3 is 42.8 Å². The summed E-state index contributed by atoms with van der Waals surface area (Å²) in [5.74, 6) is 2.11. The molecule has 1 saturated carbocycles. The first-order valence-corrected chi connectivity index (χ1v) is 26.0. The number of aromatic nitrogens is 4. The highest BCUT2D eigenvalue weighted by Gasteiger charge is 2.32. The maximum Gasteiger partial charge on any atom is 0.296 e. The van der Waals surface area contributed by atoms with Crippen LogP contribution < -0.4 is 18.9 Å². The first-order valence-electron chi connectivity index (χ1n) is 24.4. The minimum absolute atomic E-state index is 0.0184. The number of fused-ring (bicyclic) bond motifs is 7. The van der Waals surface area contributed by atoms with Gasteiger partial charge in [-0.25, -0.2) is 24.3 Å². The van der Waals surface area contributed by atoms with Crippen LogP contribution in [0.5, 0.6) is 23.1 Å². The zero-order valence-electron chi connectivity index (χ0n) is 40.5. The Morgan fingerprint density at radius 3 is 2.43 bits per heavy atom. The van der Waals surface area contributed by atoms with Gasteiger partial charge in [0.05, 0.1) is 60.1 Å². The highest BCUT2D eigenvalue weighted by atomic mass is 35.5. The van der Waals surface area contributed by atoms with Crippen molar-refractivity contribution in [3.63, 3.8) is 0 Å². The van der Waals surface area contributed by atoms with E-state index in [9.17, 15) is 9.18 Å². The molecule has 0 N–H and O–H groups in total. The standard InChI is InChI=1S/C53H57Cl2FN6O9S/c1-31-44-32(2)48(55)49(47(31)54)70-40(24-62-18-16-61(3)17-19-62)27-67-39-12-13-42(68-25-37-14-15-57-51(60-37)34-6-10-38(11-7-34)66-28-41-26-64-20-21-65-41)35(22-39)23-43(69-30-63)71-52-46-45(44)50(72-53(46)59-29-58-52)33-4-8-36(56)9-5-33/h4-5,8-9,12-15,22,29-30,34,38,40-41,43H,6-7,10-11,16-21,23-28H2,1-3H3/t34?,38?,40-,41+,43-/m1/s1. The van der Waals surface area contributed by atoms with Crippen molar-refractivity contribution >= 4 is 51.2 Å². The summed E-state index contributed by atoms with van der Waals surface area (Å²) in [7, 11) is 2.12. The van der Waals surface area contributed by atoms with E-state index in [4.69, 9.17) is 66.1 Å². The second-order valence-corrected chi connectivity index (χ2v) is 20.5. The molecule has 19 heteroatoms. The van der Waals surface area contributed by atoms with Crippen LogP contribution in [-0.4, -0.2) is 134 Å². The largest absolute Gasteiger partial charge is 0.490 e. The van der Waals surface area contributed by atoms with Gasteiger partial charge in [-0.15, -0.1) is 11.3 Å². The maximum absolute atomic E-state index is 14.4. The monoisotopic (exact) mass is 1040 g/mol. The van der Waals surface area contributed by atoms with Crippen LogP contribution in [0.15, 0.2) is 61.1 Å². The molecule has 7 heterocycles. The van der Waals surface area contributed by atoms with Gasteiger partial charge in [0.1, 0.15) is 59.7 Å². The Morgan fingerprint density at radius 1 is 0.889 bits per heavy atom. The Bertz CT molecular complexity index is 2830. The maximum atomic E-state index is 14.4. The SMILES string of the molecule is Cc1c(Cl)c2c(Cl)c(C)c1-c1c(-c3ccc(F)cc3)sc3ncnc(c13)O[C@@H](OC=O)Cc1cc(ccc1OCc1ccnc(C3CCC(OC[C@@H]4COCCO4)CC3)n1)OC[C@@H](CN1CCN(C)CC1)O2. The minimum Gasteiger partial charge on any atom is -0.490 e. The summed E-state index contributed by atoms with van der Waals surface area (Å²) in [5.41, 5.74) is 4.83. The Kier molecular flexibility index (Phi) is 16.0. The predicted octanol–water partition coefficient (Wildman–Crippen LogP) is 9.42. The predicted molar refractivity (Wildman–Crippen MR) is 271 cm³/mol. The van der Waals surface area contributed by atoms with E-state index in [0.717, 1.165) is 68.1 Å². The van der Waals surface area contributed by atoms with Gasteiger partial charge in [-0.3, -0.25) is 9.69 Å². The smallest absolute Gasteiger partial charge is 0.296 e. The van der Waals surface area contributed by atoms with Crippen LogP contribution in [0.4, 0.5) is 4.39 Å². The molecule has 0 amide bonds. The van der Waals surface area contributed by atoms with Crippen molar-refractivity contribution in [1.82, 2.24) is 29.7 Å². The quantitative estimate of drug-likeness (QED) is 0.107. The van der Waals surface area contributed by atoms with Crippen LogP contribution in [-0.2, 0) is 36.8 Å². The Morgan fingerprint density at radius 2 is 1.68 bits per heavy atom. The summed E-state index contributed by atoms with van der Waals surface area (Å²) in [4.78, 5) is 37.3. The third-order valence-electron chi connectivity index (χ3n) is 13.8. The molecule has 2 saturated heterocycles. The molecular weight excluding hydrogens is 987 g/mol. The normalized spacial score (nSPS) is 22.1. The molecule has 3 aromatic heterocycles. The lowest BCUT2D eigenvalue weighted by Crippen LogP contribution is -2.49. The van der Waals surface area contributed by atoms with Gasteiger partial charge in [0.2, 0.25) is 12.2 Å². The number of rotatable bonds is 12. The van der Waals surface area contributed by atoms with Crippen LogP contribution in [0.2, 0.25) is 10.0 Å². The second-order valence-electron chi connectivity index (χ2n) is 18.7. The van der Waals surface area contributed by atoms with E-state index >= 15 is 0 Å². The highest BCUT2D eigenvalue weighted by molar-refractivity contribution is 7.22. The molecule has 0 spiro atoms. The molecule has 4 bridgehead atoms. The number of benzene rings is 3. The molecule has 3 fully saturated rings. The lowest BCUT2D eigenvalue weighted by atomic mass is 9.86. The van der Waals surface area contributed by atoms with Crippen LogP contribution in [0.3, 0.4) is 0 Å². The molecule has 1 aliphatic carbocycles. The molecule has 0 unspecified atom stereocenters. The number of halogens is 3. The number of piperazine rings is 1. The summed E-state index contributed by atoms with van der Waals surface area (Å²) in [6.45, 7) is 10.9. The molecule has 11 rings (SSSR count). The van der Waals surface area contributed by atoms with E-state index in [2.05, 4.69) is 31.8 Å². The van der Waals surface area contributed by atoms with E-state index < -0.39 is 12.4 Å². The van der Waals surface area contributed by atoms with Crippen LogP contribution >= 0.6 is 34.5 Å². The van der Waals surface area contributed by atoms with Crippen molar-refractivity contribution < 1.29 is 47.1 Å². The third kappa shape index (κ3) is 11.4. The number of ether oxygens (including phenoxy) is 8. The second kappa shape index (κ2) is 22.9. The number of hydrogen-bond donors (Lipinski definition) is 0. The van der Waals surface area contributed by atoms with Gasteiger partial charge in [0, 0.05) is 60.8 Å². The Labute approximate surface area is 431 Å². The van der Waals surface area contributed by atoms with Gasteiger partial charge in [-0.2, -0.15) is 0 Å². The Hall–Kier alpha value is -5.24. The molecular formula is C53H57Cl2FN6O9S. The molecule has 0 radical (unpaired) electrons. The molecule has 5 aliphatic rings. The summed E-state index contributed by atoms with van der Waals surface area (Å²) in [6.07, 6.45) is 5.28. The molecule has 15 nitrogen and oxygen atoms in total. The highest BCUT2D eigenvalue weighted by Crippen LogP contribution is 2.53. The van der Waals surface area contributed by atoms with Gasteiger partial charge in [-0.05, 0) is 105 Å². The number of likely N-dealkylation sites (N-methyl/N-ethyl adjacent to an activating group) is 1. The number of carbonyl (C=O) groups is 1. The number of thiophene rings is 1. The van der Waals surface area contributed by atoms with Crippen LogP contribution in [0.25, 0.3) is 31.8 Å². The molecule has 72 heavy (non-hydrogen) atoms. The van der Waals surface area contributed by atoms with E-state index in [-0.39, 0.29) is 49.5 Å². The van der Waals surface area contributed by atoms with Crippen molar-refractivity contribution in [2.45, 2.75) is 83.1 Å². The van der Waals surface area contributed by atoms with Crippen molar-refractivity contribution in [1.29, 1.82) is 0 Å². The van der Waals surface area contributed by atoms with Crippen molar-refractivity contribution in [3.05, 3.63) is 105 Å². The molecule has 380 valence electrons. The fourth-order valence-electron chi connectivity index (χ4n) is 9.89. The fraction of sp³-hybridized carbons (Fsp3) is 0.453. The first-order chi connectivity index (χ1) is 35.1. The third-order valence-corrected chi connectivity index (χ3v) is 15.9. The average molecular weight is 1040 g/mol. The van der Waals surface area contributed by atoms with Crippen LogP contribution in [0, 0.1) is 19.7 Å². The van der Waals surface area contributed by atoms with Gasteiger partial charge in [-0.1, -0.05) is 35.3 Å². The van der Waals surface area contributed by atoms with E-state index in [1.807, 2.05) is 38.1 Å². The zero-order valence-corrected chi connectivity index (χ0v) is 42.8. The van der Waals surface area contributed by atoms with Gasteiger partial charge in [0.15, 0.2) is 5.75 Å². The summed E-state index contributed by atoms with van der Waals surface area (Å²) in [5, 5.41) is 1.19. The minimum atomic E-state index is -1.20. The average Bonchev–Trinajstić information content (AvgIpc) is 3.79. The molecule has 4 aliphatic heterocycles. The zero-order chi connectivity index (χ0) is 49.7. The summed E-state index contributed by atoms with van der Waals surface area (Å²) < 4.78 is 64.3. The Balaban J connectivity index is 0.981. The van der Waals surface area contributed by atoms with Gasteiger partial charge >= 0.3 is 0 Å². The van der Waals surface area contributed by atoms with Gasteiger partial charge in [0.25, 0.3) is 6.47 Å². The fourth-order valence-corrected chi connectivity index (χ4v) is 11.5. The van der Waals surface area contributed by atoms with Crippen molar-refractivity contribution in [2.24, 2.45) is 0 Å². The van der Waals surface area contributed by atoms with Crippen molar-refractivity contribution in [2.75, 3.05) is 72.8 Å².